The van der Waals surface area contributed by atoms with Crippen molar-refractivity contribution in [2.24, 2.45) is 5.92 Å². The third kappa shape index (κ3) is 1.80. The molecule has 0 amide bonds. The van der Waals surface area contributed by atoms with Crippen LogP contribution in [-0.2, 0) is 4.79 Å². The van der Waals surface area contributed by atoms with Crippen LogP contribution in [0.15, 0.2) is 33.0 Å². The second-order valence-electron chi connectivity index (χ2n) is 4.11. The largest absolute Gasteiger partial charge is 0.515 e. The maximum Gasteiger partial charge on any atom is 0.147 e. The summed E-state index contributed by atoms with van der Waals surface area (Å²) in [5, 5.41) is 10.0. The molecule has 16 heavy (non-hydrogen) atoms. The van der Waals surface area contributed by atoms with Gasteiger partial charge in [0.1, 0.15) is 6.29 Å². The highest BCUT2D eigenvalue weighted by atomic mass is 35.5. The van der Waals surface area contributed by atoms with Crippen LogP contribution in [0.2, 0.25) is 0 Å². The first kappa shape index (κ1) is 11.7. The zero-order valence-corrected chi connectivity index (χ0v) is 10.2. The Kier molecular flexibility index (Phi) is 3.41. The van der Waals surface area contributed by atoms with Gasteiger partial charge in [-0.1, -0.05) is 23.2 Å². The van der Waals surface area contributed by atoms with Crippen LogP contribution >= 0.6 is 23.2 Å². The van der Waals surface area contributed by atoms with Gasteiger partial charge in [0.15, 0.2) is 0 Å². The Bertz CT molecular complexity index is 419. The number of halogens is 2. The van der Waals surface area contributed by atoms with Crippen LogP contribution in [0.3, 0.4) is 0 Å². The highest BCUT2D eigenvalue weighted by Gasteiger charge is 2.31. The Morgan fingerprint density at radius 2 is 1.88 bits per heavy atom. The van der Waals surface area contributed by atoms with Gasteiger partial charge in [0.25, 0.3) is 0 Å². The molecule has 0 saturated heterocycles. The van der Waals surface area contributed by atoms with Crippen LogP contribution in [0.25, 0.3) is 0 Å². The molecule has 1 atom stereocenters. The second-order valence-corrected chi connectivity index (χ2v) is 4.87. The highest BCUT2D eigenvalue weighted by Crippen LogP contribution is 2.46. The van der Waals surface area contributed by atoms with Crippen LogP contribution in [0.4, 0.5) is 0 Å². The van der Waals surface area contributed by atoms with Crippen molar-refractivity contribution in [1.29, 1.82) is 0 Å². The number of carbonyl (C=O) groups is 1. The van der Waals surface area contributed by atoms with Gasteiger partial charge in [-0.15, -0.1) is 0 Å². The summed E-state index contributed by atoms with van der Waals surface area (Å²) in [6.07, 6.45) is 5.16. The number of fused-ring (bicyclic) bond motifs is 1. The molecule has 2 aliphatic rings. The number of aldehydes is 1. The van der Waals surface area contributed by atoms with E-state index in [2.05, 4.69) is 0 Å². The molecule has 2 aliphatic carbocycles. The molecule has 0 bridgehead atoms. The summed E-state index contributed by atoms with van der Waals surface area (Å²) in [5.41, 5.74) is 2.16. The van der Waals surface area contributed by atoms with E-state index in [1.54, 1.807) is 0 Å². The van der Waals surface area contributed by atoms with E-state index in [0.29, 0.717) is 27.1 Å². The van der Waals surface area contributed by atoms with Gasteiger partial charge in [-0.25, -0.2) is 0 Å². The smallest absolute Gasteiger partial charge is 0.147 e. The van der Waals surface area contributed by atoms with Gasteiger partial charge in [-0.3, -0.25) is 4.79 Å². The Balaban J connectivity index is 2.55. The van der Waals surface area contributed by atoms with Gasteiger partial charge in [0.05, 0.1) is 16.3 Å². The van der Waals surface area contributed by atoms with Crippen LogP contribution in [0.1, 0.15) is 25.7 Å². The topological polar surface area (TPSA) is 37.3 Å². The molecule has 86 valence electrons. The van der Waals surface area contributed by atoms with Crippen LogP contribution < -0.4 is 0 Å². The first-order valence-corrected chi connectivity index (χ1v) is 6.02. The van der Waals surface area contributed by atoms with Crippen molar-refractivity contribution in [3.05, 3.63) is 33.0 Å². The summed E-state index contributed by atoms with van der Waals surface area (Å²) < 4.78 is 0. The molecule has 1 unspecified atom stereocenters. The number of hydrogen-bond acceptors (Lipinski definition) is 2. The standard InChI is InChI=1S/C12H12Cl2O2/c13-11-8(5-15)3-1-7-2-4-9(6-16)12(14)10(7)11/h5-7,15H,1-4H2/b8-5+. The fourth-order valence-electron chi connectivity index (χ4n) is 2.34. The van der Waals surface area contributed by atoms with Crippen molar-refractivity contribution in [2.75, 3.05) is 0 Å². The lowest BCUT2D eigenvalue weighted by molar-refractivity contribution is -0.105. The van der Waals surface area contributed by atoms with Crippen LogP contribution in [0, 0.1) is 5.92 Å². The molecule has 0 radical (unpaired) electrons. The van der Waals surface area contributed by atoms with Gasteiger partial charge in [-0.05, 0) is 37.2 Å². The monoisotopic (exact) mass is 258 g/mol. The average molecular weight is 259 g/mol. The summed E-state index contributed by atoms with van der Waals surface area (Å²) in [7, 11) is 0. The second kappa shape index (κ2) is 4.64. The Morgan fingerprint density at radius 1 is 1.19 bits per heavy atom. The van der Waals surface area contributed by atoms with Crippen molar-refractivity contribution in [3.63, 3.8) is 0 Å². The third-order valence-electron chi connectivity index (χ3n) is 3.27. The minimum absolute atomic E-state index is 0.326. The first-order chi connectivity index (χ1) is 7.69. The molecule has 0 spiro atoms. The normalized spacial score (nSPS) is 28.4. The molecule has 0 aromatic heterocycles. The van der Waals surface area contributed by atoms with Crippen molar-refractivity contribution < 1.29 is 9.90 Å². The Morgan fingerprint density at radius 3 is 2.50 bits per heavy atom. The van der Waals surface area contributed by atoms with Gasteiger partial charge >= 0.3 is 0 Å². The molecule has 2 rings (SSSR count). The van der Waals surface area contributed by atoms with Crippen molar-refractivity contribution in [2.45, 2.75) is 25.7 Å². The van der Waals surface area contributed by atoms with Gasteiger partial charge < -0.3 is 5.11 Å². The molecule has 0 aliphatic heterocycles. The first-order valence-electron chi connectivity index (χ1n) is 5.26. The van der Waals surface area contributed by atoms with E-state index < -0.39 is 0 Å². The van der Waals surface area contributed by atoms with Gasteiger partial charge in [0.2, 0.25) is 0 Å². The van der Waals surface area contributed by atoms with E-state index in [1.807, 2.05) is 0 Å². The summed E-state index contributed by atoms with van der Waals surface area (Å²) in [6, 6.07) is 0. The minimum atomic E-state index is 0.326. The van der Waals surface area contributed by atoms with Crippen LogP contribution in [-0.4, -0.2) is 11.4 Å². The summed E-state index contributed by atoms with van der Waals surface area (Å²) in [4.78, 5) is 10.8. The molecule has 0 aromatic carbocycles. The van der Waals surface area contributed by atoms with E-state index in [4.69, 9.17) is 28.3 Å². The minimum Gasteiger partial charge on any atom is -0.515 e. The molecule has 4 heteroatoms. The third-order valence-corrected chi connectivity index (χ3v) is 4.16. The summed E-state index contributed by atoms with van der Waals surface area (Å²) in [5.74, 6) is 0.326. The Labute approximate surface area is 104 Å². The summed E-state index contributed by atoms with van der Waals surface area (Å²) in [6.45, 7) is 0. The zero-order valence-electron chi connectivity index (χ0n) is 8.67. The molecule has 0 heterocycles. The van der Waals surface area contributed by atoms with Crippen molar-refractivity contribution >= 4 is 29.5 Å². The van der Waals surface area contributed by atoms with E-state index >= 15 is 0 Å². The lowest BCUT2D eigenvalue weighted by Gasteiger charge is -2.31. The van der Waals surface area contributed by atoms with E-state index in [9.17, 15) is 4.79 Å². The number of carbonyl (C=O) groups excluding carboxylic acids is 1. The van der Waals surface area contributed by atoms with Crippen molar-refractivity contribution in [1.82, 2.24) is 0 Å². The SMILES string of the molecule is O=CC1=C(Cl)C2=C(Cl)/C(=C/O)CCC2CC1. The fourth-order valence-corrected chi connectivity index (χ4v) is 3.17. The zero-order chi connectivity index (χ0) is 11.7. The molecule has 1 N–H and O–H groups in total. The predicted molar refractivity (Wildman–Crippen MR) is 64.5 cm³/mol. The lowest BCUT2D eigenvalue weighted by atomic mass is 9.77. The predicted octanol–water partition coefficient (Wildman–Crippen LogP) is 3.82. The van der Waals surface area contributed by atoms with E-state index in [0.717, 1.165) is 43.8 Å². The summed E-state index contributed by atoms with van der Waals surface area (Å²) >= 11 is 12.4. The molecular formula is C12H12Cl2O2. The highest BCUT2D eigenvalue weighted by molar-refractivity contribution is 6.38. The van der Waals surface area contributed by atoms with Gasteiger partial charge in [0, 0.05) is 11.1 Å². The fraction of sp³-hybridized carbons (Fsp3) is 0.417. The number of aliphatic hydroxyl groups is 1. The molecule has 0 aromatic rings. The van der Waals surface area contributed by atoms with Crippen LogP contribution in [0.5, 0.6) is 0 Å². The maximum absolute atomic E-state index is 10.8. The number of rotatable bonds is 1. The van der Waals surface area contributed by atoms with Gasteiger partial charge in [-0.2, -0.15) is 0 Å². The van der Waals surface area contributed by atoms with E-state index in [-0.39, 0.29) is 0 Å². The van der Waals surface area contributed by atoms with Crippen molar-refractivity contribution in [3.8, 4) is 0 Å². The lowest BCUT2D eigenvalue weighted by Crippen LogP contribution is -2.18. The molecular weight excluding hydrogens is 247 g/mol. The number of allylic oxidation sites excluding steroid dienone is 5. The number of hydrogen-bond donors (Lipinski definition) is 1. The van der Waals surface area contributed by atoms with E-state index in [1.165, 1.54) is 0 Å². The average Bonchev–Trinajstić information content (AvgIpc) is 2.30. The molecule has 2 nitrogen and oxygen atoms in total. The quantitative estimate of drug-likeness (QED) is 0.574. The molecule has 0 fully saturated rings. The number of aliphatic hydroxyl groups excluding tert-OH is 1. The molecule has 0 saturated carbocycles. The Hall–Kier alpha value is -0.730. The maximum atomic E-state index is 10.8.